The summed E-state index contributed by atoms with van der Waals surface area (Å²) in [6.07, 6.45) is -4.04. The third kappa shape index (κ3) is 3.74. The van der Waals surface area contributed by atoms with Crippen LogP contribution in [0.5, 0.6) is 0 Å². The highest BCUT2D eigenvalue weighted by atomic mass is 19.4. The Morgan fingerprint density at radius 2 is 2.05 bits per heavy atom. The molecular weight excluding hydrogens is 285 g/mol. The predicted octanol–water partition coefficient (Wildman–Crippen LogP) is 1.58. The molecule has 1 aromatic carbocycles. The molecule has 0 saturated carbocycles. The van der Waals surface area contributed by atoms with Crippen LogP contribution in [0.1, 0.15) is 17.5 Å². The lowest BCUT2D eigenvalue weighted by Crippen LogP contribution is -2.32. The lowest BCUT2D eigenvalue weighted by atomic mass is 10.1. The van der Waals surface area contributed by atoms with E-state index >= 15 is 0 Å². The van der Waals surface area contributed by atoms with Crippen LogP contribution < -0.4 is 5.73 Å². The molecular formula is C14H15F3N2O2. The minimum absolute atomic E-state index is 0.116. The van der Waals surface area contributed by atoms with Crippen LogP contribution in [0.3, 0.4) is 0 Å². The Bertz CT molecular complexity index is 557. The molecule has 1 heterocycles. The van der Waals surface area contributed by atoms with Gasteiger partial charge in [-0.15, -0.1) is 0 Å². The maximum atomic E-state index is 12.6. The summed E-state index contributed by atoms with van der Waals surface area (Å²) in [7, 11) is 0. The molecule has 1 aliphatic heterocycles. The second-order valence-corrected chi connectivity index (χ2v) is 5.10. The van der Waals surface area contributed by atoms with Crippen LogP contribution >= 0.6 is 0 Å². The fraction of sp³-hybridized carbons (Fsp3) is 0.429. The van der Waals surface area contributed by atoms with Gasteiger partial charge in [0.25, 0.3) is 0 Å². The number of nitrogens with two attached hydrogens (primary N) is 1. The van der Waals surface area contributed by atoms with Crippen molar-refractivity contribution in [2.45, 2.75) is 19.0 Å². The summed E-state index contributed by atoms with van der Waals surface area (Å²) in [6.45, 7) is 0.651. The molecule has 1 saturated heterocycles. The number of likely N-dealkylation sites (tertiary alicyclic amines) is 1. The molecule has 0 unspecified atom stereocenters. The molecule has 0 bridgehead atoms. The molecule has 1 aliphatic rings. The number of benzene rings is 1. The molecule has 21 heavy (non-hydrogen) atoms. The number of carbonyl (C=O) groups excluding carboxylic acids is 2. The van der Waals surface area contributed by atoms with Crippen molar-refractivity contribution in [2.75, 3.05) is 13.1 Å². The summed E-state index contributed by atoms with van der Waals surface area (Å²) >= 11 is 0. The molecule has 1 fully saturated rings. The minimum atomic E-state index is -4.43. The van der Waals surface area contributed by atoms with Gasteiger partial charge in [-0.2, -0.15) is 13.2 Å². The van der Waals surface area contributed by atoms with Crippen LogP contribution in [0.15, 0.2) is 24.3 Å². The summed E-state index contributed by atoms with van der Waals surface area (Å²) in [5, 5.41) is 0. The van der Waals surface area contributed by atoms with Gasteiger partial charge < -0.3 is 10.6 Å². The monoisotopic (exact) mass is 300 g/mol. The van der Waals surface area contributed by atoms with Gasteiger partial charge in [0.1, 0.15) is 0 Å². The normalized spacial score (nSPS) is 18.8. The van der Waals surface area contributed by atoms with Gasteiger partial charge in [-0.05, 0) is 18.1 Å². The number of halogens is 3. The smallest absolute Gasteiger partial charge is 0.369 e. The van der Waals surface area contributed by atoms with Gasteiger partial charge in [-0.3, -0.25) is 9.59 Å². The Hall–Kier alpha value is -2.05. The molecule has 0 aliphatic carbocycles. The van der Waals surface area contributed by atoms with Crippen molar-refractivity contribution in [1.29, 1.82) is 0 Å². The summed E-state index contributed by atoms with van der Waals surface area (Å²) in [5.41, 5.74) is 4.71. The zero-order chi connectivity index (χ0) is 15.6. The zero-order valence-electron chi connectivity index (χ0n) is 11.2. The van der Waals surface area contributed by atoms with Crippen LogP contribution in [0, 0.1) is 5.92 Å². The molecule has 0 radical (unpaired) electrons. The number of rotatable bonds is 3. The Morgan fingerprint density at radius 3 is 2.62 bits per heavy atom. The fourth-order valence-corrected chi connectivity index (χ4v) is 2.36. The van der Waals surface area contributed by atoms with Gasteiger partial charge in [0.15, 0.2) is 0 Å². The van der Waals surface area contributed by atoms with Crippen LogP contribution in [-0.4, -0.2) is 29.8 Å². The third-order valence-corrected chi connectivity index (χ3v) is 3.55. The molecule has 2 rings (SSSR count). The molecule has 2 N–H and O–H groups in total. The Morgan fingerprint density at radius 1 is 1.33 bits per heavy atom. The first-order valence-electron chi connectivity index (χ1n) is 6.50. The highest BCUT2D eigenvalue weighted by Crippen LogP contribution is 2.29. The summed E-state index contributed by atoms with van der Waals surface area (Å²) in [6, 6.07) is 4.70. The van der Waals surface area contributed by atoms with Crippen molar-refractivity contribution in [2.24, 2.45) is 11.7 Å². The zero-order valence-corrected chi connectivity index (χ0v) is 11.2. The van der Waals surface area contributed by atoms with E-state index in [2.05, 4.69) is 0 Å². The van der Waals surface area contributed by atoms with E-state index in [1.165, 1.54) is 17.0 Å². The number of hydrogen-bond acceptors (Lipinski definition) is 2. The Kier molecular flexibility index (Phi) is 4.20. The Balaban J connectivity index is 2.02. The van der Waals surface area contributed by atoms with E-state index in [0.29, 0.717) is 18.5 Å². The maximum Gasteiger partial charge on any atom is 0.416 e. The molecule has 1 aromatic rings. The first kappa shape index (κ1) is 15.3. The van der Waals surface area contributed by atoms with Crippen molar-refractivity contribution in [3.8, 4) is 0 Å². The van der Waals surface area contributed by atoms with E-state index in [1.54, 1.807) is 0 Å². The van der Waals surface area contributed by atoms with Crippen LogP contribution in [-0.2, 0) is 22.2 Å². The van der Waals surface area contributed by atoms with Crippen LogP contribution in [0.4, 0.5) is 13.2 Å². The van der Waals surface area contributed by atoms with Gasteiger partial charge in [0.2, 0.25) is 11.8 Å². The molecule has 114 valence electrons. The second-order valence-electron chi connectivity index (χ2n) is 5.10. The number of primary amides is 1. The molecule has 2 amide bonds. The molecule has 0 aromatic heterocycles. The lowest BCUT2D eigenvalue weighted by molar-refractivity contribution is -0.138. The summed E-state index contributed by atoms with van der Waals surface area (Å²) < 4.78 is 37.8. The van der Waals surface area contributed by atoms with E-state index in [1.807, 2.05) is 0 Å². The van der Waals surface area contributed by atoms with Gasteiger partial charge in [-0.1, -0.05) is 18.2 Å². The van der Waals surface area contributed by atoms with Gasteiger partial charge >= 0.3 is 6.18 Å². The molecule has 7 heteroatoms. The lowest BCUT2D eigenvalue weighted by Gasteiger charge is -2.16. The number of carbonyl (C=O) groups is 2. The molecule has 4 nitrogen and oxygen atoms in total. The third-order valence-electron chi connectivity index (χ3n) is 3.55. The molecule has 1 atom stereocenters. The SMILES string of the molecule is NC(=O)[C@H]1CCN(C(=O)Cc2cccc(C(F)(F)F)c2)C1. The van der Waals surface area contributed by atoms with Gasteiger partial charge in [-0.25, -0.2) is 0 Å². The topological polar surface area (TPSA) is 63.4 Å². The predicted molar refractivity (Wildman–Crippen MR) is 69.0 cm³/mol. The minimum Gasteiger partial charge on any atom is -0.369 e. The van der Waals surface area contributed by atoms with E-state index in [9.17, 15) is 22.8 Å². The quantitative estimate of drug-likeness (QED) is 0.921. The standard InChI is InChI=1S/C14H15F3N2O2/c15-14(16,17)11-3-1-2-9(6-11)7-12(20)19-5-4-10(8-19)13(18)21/h1-3,6,10H,4-5,7-8H2,(H2,18,21)/t10-/m0/s1. The van der Waals surface area contributed by atoms with E-state index in [-0.39, 0.29) is 24.8 Å². The number of amides is 2. The average molecular weight is 300 g/mol. The van der Waals surface area contributed by atoms with Crippen molar-refractivity contribution in [3.63, 3.8) is 0 Å². The summed E-state index contributed by atoms with van der Waals surface area (Å²) in [5.74, 6) is -1.11. The Labute approximate surface area is 119 Å². The fourth-order valence-electron chi connectivity index (χ4n) is 2.36. The van der Waals surface area contributed by atoms with E-state index in [4.69, 9.17) is 5.73 Å². The largest absolute Gasteiger partial charge is 0.416 e. The van der Waals surface area contributed by atoms with Crippen molar-refractivity contribution >= 4 is 11.8 Å². The number of alkyl halides is 3. The first-order valence-corrected chi connectivity index (χ1v) is 6.50. The highest BCUT2D eigenvalue weighted by molar-refractivity contribution is 5.82. The van der Waals surface area contributed by atoms with Gasteiger partial charge in [0, 0.05) is 13.1 Å². The molecule has 0 spiro atoms. The van der Waals surface area contributed by atoms with Crippen LogP contribution in [0.2, 0.25) is 0 Å². The second kappa shape index (κ2) is 5.75. The van der Waals surface area contributed by atoms with Crippen molar-refractivity contribution < 1.29 is 22.8 Å². The maximum absolute atomic E-state index is 12.6. The number of nitrogens with zero attached hydrogens (tertiary/aromatic N) is 1. The highest BCUT2D eigenvalue weighted by Gasteiger charge is 2.32. The summed E-state index contributed by atoms with van der Waals surface area (Å²) in [4.78, 5) is 24.5. The van der Waals surface area contributed by atoms with E-state index in [0.717, 1.165) is 12.1 Å². The van der Waals surface area contributed by atoms with Gasteiger partial charge in [0.05, 0.1) is 17.9 Å². The first-order chi connectivity index (χ1) is 9.77. The van der Waals surface area contributed by atoms with Crippen molar-refractivity contribution in [3.05, 3.63) is 35.4 Å². The van der Waals surface area contributed by atoms with E-state index < -0.39 is 17.6 Å². The van der Waals surface area contributed by atoms with Crippen LogP contribution in [0.25, 0.3) is 0 Å². The van der Waals surface area contributed by atoms with Crippen molar-refractivity contribution in [1.82, 2.24) is 4.90 Å². The average Bonchev–Trinajstić information content (AvgIpc) is 2.88. The number of hydrogen-bond donors (Lipinski definition) is 1.